The summed E-state index contributed by atoms with van der Waals surface area (Å²) in [7, 11) is 2.57. The number of carbonyl (C=O) groups is 4. The molecule has 0 aliphatic heterocycles. The van der Waals surface area contributed by atoms with Crippen molar-refractivity contribution in [2.45, 2.75) is 38.2 Å². The highest BCUT2D eigenvalue weighted by Crippen LogP contribution is 2.28. The van der Waals surface area contributed by atoms with Crippen LogP contribution in [0.2, 0.25) is 0 Å². The zero-order chi connectivity index (χ0) is 32.9. The molecule has 0 unspecified atom stereocenters. The summed E-state index contributed by atoms with van der Waals surface area (Å²) in [6, 6.07) is 26.5. The minimum absolute atomic E-state index is 0.0546. The molecule has 3 N–H and O–H groups in total. The third-order valence-electron chi connectivity index (χ3n) is 7.23. The van der Waals surface area contributed by atoms with Gasteiger partial charge in [-0.25, -0.2) is 9.59 Å². The maximum absolute atomic E-state index is 12.5. The van der Waals surface area contributed by atoms with Gasteiger partial charge in [0.05, 0.1) is 42.8 Å². The van der Waals surface area contributed by atoms with Crippen molar-refractivity contribution in [2.75, 3.05) is 24.9 Å². The van der Waals surface area contributed by atoms with E-state index in [9.17, 15) is 24.3 Å². The Bertz CT molecular complexity index is 1650. The van der Waals surface area contributed by atoms with Gasteiger partial charge < -0.3 is 30.0 Å². The summed E-state index contributed by atoms with van der Waals surface area (Å²) in [5.74, 6) is -1.16. The highest BCUT2D eigenvalue weighted by Gasteiger charge is 2.19. The first-order valence-corrected chi connectivity index (χ1v) is 14.8. The predicted molar refractivity (Wildman–Crippen MR) is 174 cm³/mol. The van der Waals surface area contributed by atoms with Gasteiger partial charge in [0, 0.05) is 23.3 Å². The van der Waals surface area contributed by atoms with Crippen LogP contribution in [0.5, 0.6) is 11.5 Å². The molecular weight excluding hydrogens is 588 g/mol. The molecule has 10 heteroatoms. The van der Waals surface area contributed by atoms with E-state index < -0.39 is 11.9 Å². The van der Waals surface area contributed by atoms with Crippen LogP contribution < -0.4 is 15.4 Å². The molecule has 0 atom stereocenters. The second kappa shape index (κ2) is 16.4. The third kappa shape index (κ3) is 9.18. The van der Waals surface area contributed by atoms with Crippen LogP contribution in [0.15, 0.2) is 97.1 Å². The number of amides is 2. The van der Waals surface area contributed by atoms with E-state index >= 15 is 0 Å². The molecule has 0 saturated heterocycles. The Morgan fingerprint density at radius 3 is 1.61 bits per heavy atom. The van der Waals surface area contributed by atoms with Gasteiger partial charge in [0.1, 0.15) is 11.5 Å². The number of phenols is 1. The fraction of sp³-hybridized carbons (Fsp3) is 0.222. The van der Waals surface area contributed by atoms with Gasteiger partial charge in [-0.05, 0) is 74.2 Å². The van der Waals surface area contributed by atoms with Crippen LogP contribution in [0.3, 0.4) is 0 Å². The molecule has 0 aromatic heterocycles. The number of hydrogen-bond acceptors (Lipinski definition) is 8. The van der Waals surface area contributed by atoms with E-state index in [-0.39, 0.29) is 34.9 Å². The molecule has 5 rings (SSSR count). The Morgan fingerprint density at radius 2 is 1.11 bits per heavy atom. The maximum Gasteiger partial charge on any atom is 0.339 e. The molecular formula is C36H36N2O8. The first-order chi connectivity index (χ1) is 22.3. The van der Waals surface area contributed by atoms with E-state index in [1.807, 2.05) is 6.07 Å². The lowest BCUT2D eigenvalue weighted by Gasteiger charge is -2.23. The Labute approximate surface area is 267 Å². The van der Waals surface area contributed by atoms with E-state index in [0.717, 1.165) is 12.8 Å². The molecule has 46 heavy (non-hydrogen) atoms. The van der Waals surface area contributed by atoms with E-state index in [4.69, 9.17) is 9.47 Å². The molecule has 238 valence electrons. The number of nitrogens with one attached hydrogen (secondary N) is 2. The van der Waals surface area contributed by atoms with Crippen LogP contribution in [0.25, 0.3) is 0 Å². The number of methoxy groups -OCH3 is 2. The van der Waals surface area contributed by atoms with E-state index in [0.29, 0.717) is 28.1 Å². The van der Waals surface area contributed by atoms with Gasteiger partial charge in [0.2, 0.25) is 0 Å². The Hall–Kier alpha value is -5.64. The smallest absolute Gasteiger partial charge is 0.339 e. The lowest BCUT2D eigenvalue weighted by atomic mass is 9.98. The Balaban J connectivity index is 0.000000216. The summed E-state index contributed by atoms with van der Waals surface area (Å²) in [5, 5.41) is 14.9. The largest absolute Gasteiger partial charge is 0.508 e. The van der Waals surface area contributed by atoms with Crippen molar-refractivity contribution in [3.8, 4) is 11.5 Å². The minimum atomic E-state index is -0.589. The van der Waals surface area contributed by atoms with Gasteiger partial charge in [-0.1, -0.05) is 42.8 Å². The van der Waals surface area contributed by atoms with Crippen molar-refractivity contribution in [1.82, 2.24) is 0 Å². The van der Waals surface area contributed by atoms with E-state index in [1.165, 1.54) is 51.7 Å². The van der Waals surface area contributed by atoms with Crippen molar-refractivity contribution in [1.29, 1.82) is 0 Å². The zero-order valence-electron chi connectivity index (χ0n) is 25.7. The summed E-state index contributed by atoms with van der Waals surface area (Å²) in [4.78, 5) is 48.2. The highest BCUT2D eigenvalue weighted by atomic mass is 16.5. The molecule has 0 heterocycles. The summed E-state index contributed by atoms with van der Waals surface area (Å²) in [6.45, 7) is 0. The predicted octanol–water partition coefficient (Wildman–Crippen LogP) is 6.87. The first-order valence-electron chi connectivity index (χ1n) is 14.8. The molecule has 1 fully saturated rings. The average molecular weight is 625 g/mol. The SMILES string of the molecule is COC(=O)c1ccc(O)cc1NC(=O)c1ccccc1.COC(=O)c1ccc(OC2CCCCC2)cc1NC(=O)c1ccccc1. The molecule has 0 spiro atoms. The monoisotopic (exact) mass is 624 g/mol. The van der Waals surface area contributed by atoms with Gasteiger partial charge in [-0.3, -0.25) is 9.59 Å². The lowest BCUT2D eigenvalue weighted by Crippen LogP contribution is -2.20. The molecule has 4 aromatic rings. The second-order valence-corrected chi connectivity index (χ2v) is 10.4. The fourth-order valence-corrected chi connectivity index (χ4v) is 4.86. The molecule has 2 amide bonds. The number of rotatable bonds is 8. The summed E-state index contributed by atoms with van der Waals surface area (Å²) in [5.41, 5.74) is 2.03. The Morgan fingerprint density at radius 1 is 0.630 bits per heavy atom. The number of hydrogen-bond donors (Lipinski definition) is 3. The molecule has 1 aliphatic rings. The first kappa shape index (κ1) is 33.3. The van der Waals surface area contributed by atoms with Crippen LogP contribution in [0.4, 0.5) is 11.4 Å². The maximum atomic E-state index is 12.5. The van der Waals surface area contributed by atoms with Crippen molar-refractivity contribution < 1.29 is 38.5 Å². The zero-order valence-corrected chi connectivity index (χ0v) is 25.7. The quantitative estimate of drug-likeness (QED) is 0.181. The molecule has 4 aromatic carbocycles. The van der Waals surface area contributed by atoms with Gasteiger partial charge in [0.25, 0.3) is 11.8 Å². The van der Waals surface area contributed by atoms with Crippen molar-refractivity contribution >= 4 is 35.1 Å². The standard InChI is InChI=1S/C21H23NO4.C15H13NO4/c1-25-21(24)18-13-12-17(26-16-10-6-3-7-11-16)14-19(18)22-20(23)15-8-4-2-5-9-15;1-20-15(19)12-8-7-11(17)9-13(12)16-14(18)10-5-3-2-4-6-10/h2,4-5,8-9,12-14,16H,3,6-7,10-11H2,1H3,(H,22,23);2-9,17H,1H3,(H,16,18). The van der Waals surface area contributed by atoms with Crippen molar-refractivity contribution in [2.24, 2.45) is 0 Å². The average Bonchev–Trinajstić information content (AvgIpc) is 3.09. The number of ether oxygens (including phenoxy) is 3. The summed E-state index contributed by atoms with van der Waals surface area (Å²) < 4.78 is 15.5. The van der Waals surface area contributed by atoms with Crippen LogP contribution in [0, 0.1) is 0 Å². The number of aromatic hydroxyl groups is 1. The van der Waals surface area contributed by atoms with Crippen LogP contribution >= 0.6 is 0 Å². The summed E-state index contributed by atoms with van der Waals surface area (Å²) in [6.07, 6.45) is 5.84. The number of esters is 2. The van der Waals surface area contributed by atoms with E-state index in [1.54, 1.807) is 72.8 Å². The number of anilines is 2. The topological polar surface area (TPSA) is 140 Å². The molecule has 10 nitrogen and oxygen atoms in total. The van der Waals surface area contributed by atoms with Crippen molar-refractivity contribution in [3.63, 3.8) is 0 Å². The van der Waals surface area contributed by atoms with Gasteiger partial charge in [-0.2, -0.15) is 0 Å². The lowest BCUT2D eigenvalue weighted by molar-refractivity contribution is 0.0592. The number of benzene rings is 4. The van der Waals surface area contributed by atoms with Gasteiger partial charge >= 0.3 is 11.9 Å². The number of phenolic OH excluding ortho intramolecular Hbond substituents is 1. The molecule has 1 saturated carbocycles. The molecule has 0 radical (unpaired) electrons. The third-order valence-corrected chi connectivity index (χ3v) is 7.23. The van der Waals surface area contributed by atoms with Crippen LogP contribution in [-0.2, 0) is 9.47 Å². The van der Waals surface area contributed by atoms with Crippen molar-refractivity contribution in [3.05, 3.63) is 119 Å². The van der Waals surface area contributed by atoms with Gasteiger partial charge in [0.15, 0.2) is 0 Å². The Kier molecular flexibility index (Phi) is 11.9. The van der Waals surface area contributed by atoms with Gasteiger partial charge in [-0.15, -0.1) is 0 Å². The second-order valence-electron chi connectivity index (χ2n) is 10.4. The highest BCUT2D eigenvalue weighted by molar-refractivity contribution is 6.09. The fourth-order valence-electron chi connectivity index (χ4n) is 4.86. The normalized spacial score (nSPS) is 12.5. The summed E-state index contributed by atoms with van der Waals surface area (Å²) >= 11 is 0. The van der Waals surface area contributed by atoms with E-state index in [2.05, 4.69) is 15.4 Å². The minimum Gasteiger partial charge on any atom is -0.508 e. The van der Waals surface area contributed by atoms with Crippen LogP contribution in [-0.4, -0.2) is 49.2 Å². The van der Waals surface area contributed by atoms with Crippen LogP contribution in [0.1, 0.15) is 73.5 Å². The molecule has 1 aliphatic carbocycles. The number of carbonyl (C=O) groups excluding carboxylic acids is 4. The molecule has 0 bridgehead atoms.